The topological polar surface area (TPSA) is 58.9 Å². The second kappa shape index (κ2) is 7.41. The Morgan fingerprint density at radius 1 is 0.773 bits per heavy atom. The predicted octanol–water partition coefficient (Wildman–Crippen LogP) is 3.46. The lowest BCUT2D eigenvalue weighted by molar-refractivity contribution is 0.373. The van der Waals surface area contributed by atoms with Gasteiger partial charge in [0.25, 0.3) is 0 Å². The summed E-state index contributed by atoms with van der Waals surface area (Å²) in [5.74, 6) is 1.25. The monoisotopic (exact) mass is 300 g/mol. The van der Waals surface area contributed by atoms with Gasteiger partial charge in [0.1, 0.15) is 0 Å². The van der Waals surface area contributed by atoms with Crippen molar-refractivity contribution in [2.75, 3.05) is 14.2 Å². The molecular weight excluding hydrogens is 280 g/mol. The molecule has 0 bridgehead atoms. The minimum Gasteiger partial charge on any atom is -0.504 e. The van der Waals surface area contributed by atoms with Gasteiger partial charge in [0.2, 0.25) is 0 Å². The van der Waals surface area contributed by atoms with Crippen molar-refractivity contribution in [3.63, 3.8) is 0 Å². The van der Waals surface area contributed by atoms with Crippen LogP contribution in [-0.2, 0) is 12.8 Å². The molecule has 2 N–H and O–H groups in total. The van der Waals surface area contributed by atoms with Gasteiger partial charge in [-0.3, -0.25) is 0 Å². The molecule has 0 unspecified atom stereocenters. The fraction of sp³-hybridized carbons (Fsp3) is 0.222. The molecule has 22 heavy (non-hydrogen) atoms. The van der Waals surface area contributed by atoms with Crippen molar-refractivity contribution >= 4 is 0 Å². The van der Waals surface area contributed by atoms with E-state index in [1.807, 2.05) is 24.3 Å². The SMILES string of the molecule is COc1cc(CC=CCc2ccc(O)c(OC)c2)ccc1O. The van der Waals surface area contributed by atoms with Crippen LogP contribution in [0.4, 0.5) is 0 Å². The highest BCUT2D eigenvalue weighted by molar-refractivity contribution is 5.43. The van der Waals surface area contributed by atoms with Crippen LogP contribution in [0.2, 0.25) is 0 Å². The third-order valence-corrected chi connectivity index (χ3v) is 3.36. The van der Waals surface area contributed by atoms with Crippen LogP contribution in [0.5, 0.6) is 23.0 Å². The van der Waals surface area contributed by atoms with E-state index in [4.69, 9.17) is 9.47 Å². The van der Waals surface area contributed by atoms with Crippen molar-refractivity contribution in [1.29, 1.82) is 0 Å². The van der Waals surface area contributed by atoms with Gasteiger partial charge in [0, 0.05) is 0 Å². The zero-order valence-corrected chi connectivity index (χ0v) is 12.7. The fourth-order valence-corrected chi connectivity index (χ4v) is 2.14. The number of ether oxygens (including phenoxy) is 2. The van der Waals surface area contributed by atoms with Crippen LogP contribution in [0, 0.1) is 0 Å². The van der Waals surface area contributed by atoms with Crippen molar-refractivity contribution in [1.82, 2.24) is 0 Å². The van der Waals surface area contributed by atoms with Crippen molar-refractivity contribution in [3.05, 3.63) is 59.7 Å². The fourth-order valence-electron chi connectivity index (χ4n) is 2.14. The first-order valence-electron chi connectivity index (χ1n) is 7.00. The normalized spacial score (nSPS) is 10.8. The summed E-state index contributed by atoms with van der Waals surface area (Å²) in [6.45, 7) is 0. The molecule has 2 aromatic rings. The Kier molecular flexibility index (Phi) is 5.31. The number of hydrogen-bond donors (Lipinski definition) is 2. The molecule has 0 fully saturated rings. The first-order valence-corrected chi connectivity index (χ1v) is 7.00. The Morgan fingerprint density at radius 3 is 1.55 bits per heavy atom. The maximum atomic E-state index is 9.55. The molecule has 0 heterocycles. The number of benzene rings is 2. The van der Waals surface area contributed by atoms with E-state index < -0.39 is 0 Å². The van der Waals surface area contributed by atoms with Gasteiger partial charge in [0.15, 0.2) is 23.0 Å². The van der Waals surface area contributed by atoms with E-state index in [2.05, 4.69) is 12.2 Å². The highest BCUT2D eigenvalue weighted by atomic mass is 16.5. The zero-order chi connectivity index (χ0) is 15.9. The number of allylic oxidation sites excluding steroid dienone is 2. The van der Waals surface area contributed by atoms with E-state index in [1.54, 1.807) is 12.1 Å². The van der Waals surface area contributed by atoms with Crippen LogP contribution < -0.4 is 9.47 Å². The third kappa shape index (κ3) is 3.95. The molecule has 2 rings (SSSR count). The summed E-state index contributed by atoms with van der Waals surface area (Å²) in [4.78, 5) is 0. The van der Waals surface area contributed by atoms with Crippen molar-refractivity contribution in [2.24, 2.45) is 0 Å². The van der Waals surface area contributed by atoms with E-state index >= 15 is 0 Å². The average Bonchev–Trinajstić information content (AvgIpc) is 2.54. The van der Waals surface area contributed by atoms with Gasteiger partial charge in [-0.2, -0.15) is 0 Å². The van der Waals surface area contributed by atoms with E-state index in [1.165, 1.54) is 14.2 Å². The van der Waals surface area contributed by atoms with Crippen LogP contribution in [0.25, 0.3) is 0 Å². The average molecular weight is 300 g/mol. The first kappa shape index (κ1) is 15.8. The van der Waals surface area contributed by atoms with E-state index in [-0.39, 0.29) is 11.5 Å². The molecule has 0 saturated carbocycles. The summed E-state index contributed by atoms with van der Waals surface area (Å²) >= 11 is 0. The van der Waals surface area contributed by atoms with E-state index in [0.717, 1.165) is 24.0 Å². The minimum atomic E-state index is 0.145. The molecule has 4 heteroatoms. The Morgan fingerprint density at radius 2 is 1.18 bits per heavy atom. The molecule has 0 aliphatic carbocycles. The molecular formula is C18H20O4. The lowest BCUT2D eigenvalue weighted by Crippen LogP contribution is -1.88. The van der Waals surface area contributed by atoms with Crippen molar-refractivity contribution in [3.8, 4) is 23.0 Å². The highest BCUT2D eigenvalue weighted by Crippen LogP contribution is 2.27. The number of phenols is 2. The molecule has 0 saturated heterocycles. The van der Waals surface area contributed by atoms with Crippen molar-refractivity contribution < 1.29 is 19.7 Å². The van der Waals surface area contributed by atoms with Gasteiger partial charge in [-0.1, -0.05) is 24.3 Å². The molecule has 0 aromatic heterocycles. The number of phenolic OH excluding ortho intramolecular Hbond substituents is 2. The number of hydrogen-bond acceptors (Lipinski definition) is 4. The Balaban J connectivity index is 1.96. The van der Waals surface area contributed by atoms with Gasteiger partial charge >= 0.3 is 0 Å². The molecule has 116 valence electrons. The highest BCUT2D eigenvalue weighted by Gasteiger charge is 2.02. The molecule has 0 amide bonds. The minimum absolute atomic E-state index is 0.145. The van der Waals surface area contributed by atoms with Crippen LogP contribution >= 0.6 is 0 Å². The molecule has 4 nitrogen and oxygen atoms in total. The predicted molar refractivity (Wildman–Crippen MR) is 85.9 cm³/mol. The maximum Gasteiger partial charge on any atom is 0.160 e. The van der Waals surface area contributed by atoms with Crippen LogP contribution in [0.1, 0.15) is 11.1 Å². The van der Waals surface area contributed by atoms with Crippen LogP contribution in [-0.4, -0.2) is 24.4 Å². The summed E-state index contributed by atoms with van der Waals surface area (Å²) in [6.07, 6.45) is 5.63. The Hall–Kier alpha value is -2.62. The van der Waals surface area contributed by atoms with Gasteiger partial charge in [-0.15, -0.1) is 0 Å². The zero-order valence-electron chi connectivity index (χ0n) is 12.7. The van der Waals surface area contributed by atoms with Crippen molar-refractivity contribution in [2.45, 2.75) is 12.8 Å². The smallest absolute Gasteiger partial charge is 0.160 e. The molecule has 0 spiro atoms. The summed E-state index contributed by atoms with van der Waals surface area (Å²) in [6, 6.07) is 10.6. The summed E-state index contributed by atoms with van der Waals surface area (Å²) < 4.78 is 10.2. The Bertz CT molecular complexity index is 605. The first-order chi connectivity index (χ1) is 10.6. The Labute approximate surface area is 130 Å². The van der Waals surface area contributed by atoms with Crippen LogP contribution in [0.3, 0.4) is 0 Å². The molecule has 0 radical (unpaired) electrons. The summed E-state index contributed by atoms with van der Waals surface area (Å²) in [5, 5.41) is 19.1. The van der Waals surface area contributed by atoms with E-state index in [9.17, 15) is 10.2 Å². The quantitative estimate of drug-likeness (QED) is 0.802. The standard InChI is InChI=1S/C18H20O4/c1-21-17-11-13(7-9-15(17)19)5-3-4-6-14-8-10-16(20)18(12-14)22-2/h3-4,7-12,19-20H,5-6H2,1-2H3. The summed E-state index contributed by atoms with van der Waals surface area (Å²) in [7, 11) is 3.07. The number of rotatable bonds is 6. The second-order valence-electron chi connectivity index (χ2n) is 4.89. The summed E-state index contributed by atoms with van der Waals surface area (Å²) in [5.41, 5.74) is 2.13. The molecule has 0 atom stereocenters. The lowest BCUT2D eigenvalue weighted by atomic mass is 10.1. The van der Waals surface area contributed by atoms with Gasteiger partial charge in [0.05, 0.1) is 14.2 Å². The van der Waals surface area contributed by atoms with E-state index in [0.29, 0.717) is 11.5 Å². The lowest BCUT2D eigenvalue weighted by Gasteiger charge is -2.05. The largest absolute Gasteiger partial charge is 0.504 e. The van der Waals surface area contributed by atoms with Crippen LogP contribution in [0.15, 0.2) is 48.6 Å². The maximum absolute atomic E-state index is 9.55. The molecule has 2 aromatic carbocycles. The molecule has 0 aliphatic rings. The van der Waals surface area contributed by atoms with Gasteiger partial charge in [-0.25, -0.2) is 0 Å². The second-order valence-corrected chi connectivity index (χ2v) is 4.89. The molecule has 0 aliphatic heterocycles. The third-order valence-electron chi connectivity index (χ3n) is 3.36. The van der Waals surface area contributed by atoms with Gasteiger partial charge in [-0.05, 0) is 48.2 Å². The number of methoxy groups -OCH3 is 2. The number of aromatic hydroxyl groups is 2. The van der Waals surface area contributed by atoms with Gasteiger partial charge < -0.3 is 19.7 Å².